The smallest absolute Gasteiger partial charge is 0.216 e. The van der Waals surface area contributed by atoms with Gasteiger partial charge in [0, 0.05) is 10.9 Å². The van der Waals surface area contributed by atoms with Crippen LogP contribution in [0.15, 0.2) is 29.3 Å². The molecule has 1 aromatic rings. The van der Waals surface area contributed by atoms with E-state index in [0.717, 1.165) is 29.1 Å². The molecule has 0 saturated heterocycles. The Hall–Kier alpha value is -1.03. The molecule has 0 radical (unpaired) electrons. The molecular weight excluding hydrogens is 258 g/mol. The van der Waals surface area contributed by atoms with E-state index in [1.54, 1.807) is 7.11 Å². The third-order valence-electron chi connectivity index (χ3n) is 2.23. The minimum Gasteiger partial charge on any atom is -0.497 e. The molecule has 1 aliphatic heterocycles. The molecule has 1 atom stereocenters. The number of ether oxygens (including phenoxy) is 2. The average molecular weight is 270 g/mol. The molecule has 0 bridgehead atoms. The van der Waals surface area contributed by atoms with Gasteiger partial charge in [0.25, 0.3) is 0 Å². The van der Waals surface area contributed by atoms with Gasteiger partial charge in [0.05, 0.1) is 13.7 Å². The molecule has 0 aromatic heterocycles. The van der Waals surface area contributed by atoms with Gasteiger partial charge in [-0.2, -0.15) is 0 Å². The normalized spacial score (nSPS) is 19.6. The van der Waals surface area contributed by atoms with Gasteiger partial charge in [-0.15, -0.1) is 0 Å². The van der Waals surface area contributed by atoms with Crippen molar-refractivity contribution in [1.29, 1.82) is 0 Å². The van der Waals surface area contributed by atoms with E-state index in [1.165, 1.54) is 0 Å². The lowest BCUT2D eigenvalue weighted by Gasteiger charge is -2.07. The van der Waals surface area contributed by atoms with Crippen LogP contribution in [0.5, 0.6) is 5.75 Å². The SMILES string of the molecule is COc1ccc(C2=NC[C@H](CBr)O2)cc1. The topological polar surface area (TPSA) is 30.8 Å². The molecule has 0 amide bonds. The summed E-state index contributed by atoms with van der Waals surface area (Å²) in [5.74, 6) is 1.57. The Morgan fingerprint density at radius 3 is 2.73 bits per heavy atom. The zero-order valence-electron chi connectivity index (χ0n) is 8.44. The third-order valence-corrected chi connectivity index (χ3v) is 2.95. The maximum atomic E-state index is 5.63. The van der Waals surface area contributed by atoms with Gasteiger partial charge in [0.1, 0.15) is 11.9 Å². The van der Waals surface area contributed by atoms with Gasteiger partial charge in [-0.1, -0.05) is 15.9 Å². The van der Waals surface area contributed by atoms with Crippen LogP contribution in [0.3, 0.4) is 0 Å². The van der Waals surface area contributed by atoms with E-state index in [2.05, 4.69) is 20.9 Å². The highest BCUT2D eigenvalue weighted by Gasteiger charge is 2.19. The lowest BCUT2D eigenvalue weighted by Crippen LogP contribution is -2.14. The van der Waals surface area contributed by atoms with Crippen molar-refractivity contribution in [3.05, 3.63) is 29.8 Å². The zero-order valence-corrected chi connectivity index (χ0v) is 10.0. The molecule has 0 N–H and O–H groups in total. The van der Waals surface area contributed by atoms with Crippen LogP contribution in [0, 0.1) is 0 Å². The van der Waals surface area contributed by atoms with Crippen LogP contribution in [-0.4, -0.2) is 31.0 Å². The Morgan fingerprint density at radius 2 is 2.20 bits per heavy atom. The fourth-order valence-corrected chi connectivity index (χ4v) is 1.73. The number of hydrogen-bond acceptors (Lipinski definition) is 3. The summed E-state index contributed by atoms with van der Waals surface area (Å²) in [6.45, 7) is 0.729. The number of halogens is 1. The van der Waals surface area contributed by atoms with E-state index in [0.29, 0.717) is 0 Å². The van der Waals surface area contributed by atoms with Crippen molar-refractivity contribution in [1.82, 2.24) is 0 Å². The highest BCUT2D eigenvalue weighted by molar-refractivity contribution is 9.09. The van der Waals surface area contributed by atoms with Crippen molar-refractivity contribution >= 4 is 21.8 Å². The first-order valence-corrected chi connectivity index (χ1v) is 5.87. The van der Waals surface area contributed by atoms with Gasteiger partial charge in [-0.05, 0) is 24.3 Å². The van der Waals surface area contributed by atoms with Gasteiger partial charge >= 0.3 is 0 Å². The van der Waals surface area contributed by atoms with E-state index < -0.39 is 0 Å². The van der Waals surface area contributed by atoms with Crippen LogP contribution in [0.1, 0.15) is 5.56 Å². The quantitative estimate of drug-likeness (QED) is 0.788. The van der Waals surface area contributed by atoms with Crippen LogP contribution < -0.4 is 4.74 Å². The summed E-state index contributed by atoms with van der Waals surface area (Å²) in [6.07, 6.45) is 0.169. The van der Waals surface area contributed by atoms with Gasteiger partial charge in [-0.3, -0.25) is 0 Å². The molecule has 3 nitrogen and oxygen atoms in total. The number of hydrogen-bond donors (Lipinski definition) is 0. The van der Waals surface area contributed by atoms with Crippen LogP contribution in [0.4, 0.5) is 0 Å². The van der Waals surface area contributed by atoms with Crippen molar-refractivity contribution in [3.63, 3.8) is 0 Å². The van der Waals surface area contributed by atoms with Gasteiger partial charge in [0.15, 0.2) is 0 Å². The fraction of sp³-hybridized carbons (Fsp3) is 0.364. The second kappa shape index (κ2) is 4.66. The lowest BCUT2D eigenvalue weighted by atomic mass is 10.2. The largest absolute Gasteiger partial charge is 0.497 e. The number of aliphatic imine (C=N–C) groups is 1. The minimum atomic E-state index is 0.169. The number of methoxy groups -OCH3 is 1. The number of benzene rings is 1. The van der Waals surface area contributed by atoms with Gasteiger partial charge < -0.3 is 9.47 Å². The van der Waals surface area contributed by atoms with Gasteiger partial charge in [0.2, 0.25) is 5.90 Å². The molecule has 2 rings (SSSR count). The maximum absolute atomic E-state index is 5.63. The molecule has 4 heteroatoms. The Labute approximate surface area is 97.2 Å². The highest BCUT2D eigenvalue weighted by Crippen LogP contribution is 2.17. The van der Waals surface area contributed by atoms with Crippen LogP contribution >= 0.6 is 15.9 Å². The van der Waals surface area contributed by atoms with E-state index in [1.807, 2.05) is 24.3 Å². The monoisotopic (exact) mass is 269 g/mol. The van der Waals surface area contributed by atoms with E-state index in [9.17, 15) is 0 Å². The summed E-state index contributed by atoms with van der Waals surface area (Å²) in [6, 6.07) is 7.72. The molecule has 0 unspecified atom stereocenters. The Bertz CT molecular complexity index is 361. The van der Waals surface area contributed by atoms with E-state index >= 15 is 0 Å². The summed E-state index contributed by atoms with van der Waals surface area (Å²) in [5, 5.41) is 0.816. The standard InChI is InChI=1S/C11H12BrNO2/c1-14-9-4-2-8(3-5-9)11-13-7-10(6-12)15-11/h2-5,10H,6-7H2,1H3/t10-/m0/s1. The van der Waals surface area contributed by atoms with Crippen molar-refractivity contribution in [3.8, 4) is 5.75 Å². The zero-order chi connectivity index (χ0) is 10.7. The Balaban J connectivity index is 2.10. The highest BCUT2D eigenvalue weighted by atomic mass is 79.9. The first-order valence-electron chi connectivity index (χ1n) is 4.75. The maximum Gasteiger partial charge on any atom is 0.216 e. The molecule has 0 aliphatic carbocycles. The number of rotatable bonds is 3. The second-order valence-electron chi connectivity index (χ2n) is 3.27. The predicted molar refractivity (Wildman–Crippen MR) is 63.1 cm³/mol. The fourth-order valence-electron chi connectivity index (χ4n) is 1.39. The molecule has 0 saturated carbocycles. The lowest BCUT2D eigenvalue weighted by molar-refractivity contribution is 0.252. The summed E-state index contributed by atoms with van der Waals surface area (Å²) in [7, 11) is 1.65. The molecule has 0 spiro atoms. The molecule has 1 heterocycles. The Morgan fingerprint density at radius 1 is 1.47 bits per heavy atom. The first kappa shape index (κ1) is 10.5. The molecule has 0 fully saturated rings. The minimum absolute atomic E-state index is 0.169. The molecule has 15 heavy (non-hydrogen) atoms. The number of nitrogens with zero attached hydrogens (tertiary/aromatic N) is 1. The van der Waals surface area contributed by atoms with Crippen molar-refractivity contribution < 1.29 is 9.47 Å². The second-order valence-corrected chi connectivity index (χ2v) is 3.92. The third kappa shape index (κ3) is 2.31. The summed E-state index contributed by atoms with van der Waals surface area (Å²) >= 11 is 3.38. The first-order chi connectivity index (χ1) is 7.33. The van der Waals surface area contributed by atoms with E-state index in [-0.39, 0.29) is 6.10 Å². The molecular formula is C11H12BrNO2. The summed E-state index contributed by atoms with van der Waals surface area (Å²) < 4.78 is 10.7. The van der Waals surface area contributed by atoms with Crippen molar-refractivity contribution in [2.75, 3.05) is 19.0 Å². The van der Waals surface area contributed by atoms with Gasteiger partial charge in [-0.25, -0.2) is 4.99 Å². The van der Waals surface area contributed by atoms with Crippen LogP contribution in [-0.2, 0) is 4.74 Å². The predicted octanol–water partition coefficient (Wildman–Crippen LogP) is 2.24. The average Bonchev–Trinajstić information content (AvgIpc) is 2.78. The van der Waals surface area contributed by atoms with E-state index in [4.69, 9.17) is 9.47 Å². The summed E-state index contributed by atoms with van der Waals surface area (Å²) in [4.78, 5) is 4.34. The number of alkyl halides is 1. The molecule has 1 aromatic carbocycles. The van der Waals surface area contributed by atoms with Crippen LogP contribution in [0.25, 0.3) is 0 Å². The van der Waals surface area contributed by atoms with Crippen LogP contribution in [0.2, 0.25) is 0 Å². The van der Waals surface area contributed by atoms with Crippen molar-refractivity contribution in [2.45, 2.75) is 6.10 Å². The summed E-state index contributed by atoms with van der Waals surface area (Å²) in [5.41, 5.74) is 0.999. The van der Waals surface area contributed by atoms with Crippen molar-refractivity contribution in [2.24, 2.45) is 4.99 Å². The molecule has 80 valence electrons. The molecule has 1 aliphatic rings. The Kier molecular flexibility index (Phi) is 3.26.